The van der Waals surface area contributed by atoms with E-state index in [0.717, 1.165) is 118 Å². The Morgan fingerprint density at radius 2 is 0.639 bits per heavy atom. The van der Waals surface area contributed by atoms with Gasteiger partial charge in [-0.1, -0.05) is 36.5 Å². The molecule has 0 saturated carbocycles. The molecule has 1 aliphatic heterocycles. The lowest BCUT2D eigenvalue weighted by Crippen LogP contribution is -2.55. The summed E-state index contributed by atoms with van der Waals surface area (Å²) in [6.45, 7) is 38.6. The monoisotopic (exact) mass is 498 g/mol. The maximum Gasteiger partial charge on any atom is 0.0530 e. The first-order chi connectivity index (χ1) is 17.6. The van der Waals surface area contributed by atoms with Crippen molar-refractivity contribution in [2.24, 2.45) is 0 Å². The SMILES string of the molecule is C=CCN(CC=C)CCCN1CN(CCCN(CC=C)CC=C)CN(CCCN(CC=C)CC=C)C1. The van der Waals surface area contributed by atoms with Crippen molar-refractivity contribution in [3.8, 4) is 0 Å². The number of rotatable bonds is 24. The molecule has 0 atom stereocenters. The van der Waals surface area contributed by atoms with Crippen LogP contribution in [0.1, 0.15) is 19.3 Å². The van der Waals surface area contributed by atoms with Crippen LogP contribution < -0.4 is 0 Å². The highest BCUT2D eigenvalue weighted by Crippen LogP contribution is 2.11. The molecule has 1 fully saturated rings. The summed E-state index contributed by atoms with van der Waals surface area (Å²) in [6, 6.07) is 0. The van der Waals surface area contributed by atoms with Gasteiger partial charge in [-0.05, 0) is 19.3 Å². The molecule has 1 saturated heterocycles. The van der Waals surface area contributed by atoms with Crippen LogP contribution in [-0.2, 0) is 0 Å². The van der Waals surface area contributed by atoms with Crippen LogP contribution in [0.4, 0.5) is 0 Å². The van der Waals surface area contributed by atoms with Gasteiger partial charge in [-0.2, -0.15) is 0 Å². The molecule has 0 radical (unpaired) electrons. The molecule has 0 N–H and O–H groups in total. The van der Waals surface area contributed by atoms with Gasteiger partial charge in [0.25, 0.3) is 0 Å². The lowest BCUT2D eigenvalue weighted by molar-refractivity contribution is -0.0325. The predicted molar refractivity (Wildman–Crippen MR) is 159 cm³/mol. The Morgan fingerprint density at radius 1 is 0.417 bits per heavy atom. The van der Waals surface area contributed by atoms with Crippen molar-refractivity contribution >= 4 is 0 Å². The highest BCUT2D eigenvalue weighted by molar-refractivity contribution is 4.82. The van der Waals surface area contributed by atoms with Gasteiger partial charge in [-0.25, -0.2) is 0 Å². The van der Waals surface area contributed by atoms with Crippen LogP contribution in [0.2, 0.25) is 0 Å². The molecule has 1 aliphatic rings. The summed E-state index contributed by atoms with van der Waals surface area (Å²) in [7, 11) is 0. The molecule has 0 aromatic rings. The van der Waals surface area contributed by atoms with E-state index in [1.807, 2.05) is 36.5 Å². The van der Waals surface area contributed by atoms with E-state index in [0.29, 0.717) is 0 Å². The standard InChI is InChI=1S/C30H54N6/c1-7-16-31(17-8-2)22-13-25-34-28-35(26-14-23-32(18-9-3)19-10-4)30-36(29-34)27-15-24-33(20-11-5)21-12-6/h7-12H,1-6,13-30H2. The van der Waals surface area contributed by atoms with E-state index >= 15 is 0 Å². The molecule has 0 aliphatic carbocycles. The Labute approximate surface area is 223 Å². The van der Waals surface area contributed by atoms with Crippen molar-refractivity contribution < 1.29 is 0 Å². The number of hydrogen-bond acceptors (Lipinski definition) is 6. The molecule has 0 spiro atoms. The minimum atomic E-state index is 0.919. The molecular weight excluding hydrogens is 444 g/mol. The largest absolute Gasteiger partial charge is 0.296 e. The molecule has 204 valence electrons. The van der Waals surface area contributed by atoms with Gasteiger partial charge in [0.15, 0.2) is 0 Å². The maximum absolute atomic E-state index is 3.90. The normalized spacial score (nSPS) is 15.4. The summed E-state index contributed by atoms with van der Waals surface area (Å²) in [5.41, 5.74) is 0. The van der Waals surface area contributed by atoms with Crippen molar-refractivity contribution in [2.75, 3.05) is 98.5 Å². The number of hydrogen-bond donors (Lipinski definition) is 0. The van der Waals surface area contributed by atoms with Crippen LogP contribution in [0.3, 0.4) is 0 Å². The quantitative estimate of drug-likeness (QED) is 0.186. The molecule has 0 unspecified atom stereocenters. The van der Waals surface area contributed by atoms with Crippen LogP contribution in [0, 0.1) is 0 Å². The van der Waals surface area contributed by atoms with E-state index < -0.39 is 0 Å². The molecule has 6 nitrogen and oxygen atoms in total. The summed E-state index contributed by atoms with van der Waals surface area (Å²) >= 11 is 0. The van der Waals surface area contributed by atoms with Crippen molar-refractivity contribution in [3.63, 3.8) is 0 Å². The Balaban J connectivity index is 2.64. The molecule has 0 aromatic carbocycles. The van der Waals surface area contributed by atoms with E-state index in [4.69, 9.17) is 0 Å². The second-order valence-corrected chi connectivity index (χ2v) is 9.68. The Kier molecular flexibility index (Phi) is 19.1. The molecule has 0 bridgehead atoms. The second kappa shape index (κ2) is 21.3. The zero-order valence-corrected chi connectivity index (χ0v) is 23.1. The molecule has 0 amide bonds. The Bertz CT molecular complexity index is 511. The van der Waals surface area contributed by atoms with Crippen LogP contribution in [0.5, 0.6) is 0 Å². The Hall–Kier alpha value is -1.80. The molecular formula is C30H54N6. The highest BCUT2D eigenvalue weighted by Gasteiger charge is 2.23. The zero-order chi connectivity index (χ0) is 26.4. The smallest absolute Gasteiger partial charge is 0.0530 e. The van der Waals surface area contributed by atoms with E-state index in [9.17, 15) is 0 Å². The number of nitrogens with zero attached hydrogens (tertiary/aromatic N) is 6. The first kappa shape index (κ1) is 32.2. The third-order valence-corrected chi connectivity index (χ3v) is 6.37. The average molecular weight is 499 g/mol. The van der Waals surface area contributed by atoms with Gasteiger partial charge in [-0.15, -0.1) is 39.5 Å². The van der Waals surface area contributed by atoms with Gasteiger partial charge in [0.2, 0.25) is 0 Å². The van der Waals surface area contributed by atoms with E-state index in [-0.39, 0.29) is 0 Å². The van der Waals surface area contributed by atoms with Crippen LogP contribution in [0.15, 0.2) is 75.9 Å². The first-order valence-corrected chi connectivity index (χ1v) is 13.6. The summed E-state index contributed by atoms with van der Waals surface area (Å²) in [6.07, 6.45) is 15.4. The van der Waals surface area contributed by atoms with Crippen molar-refractivity contribution in [2.45, 2.75) is 19.3 Å². The average Bonchev–Trinajstić information content (AvgIpc) is 2.85. The molecule has 36 heavy (non-hydrogen) atoms. The van der Waals surface area contributed by atoms with Crippen molar-refractivity contribution in [1.82, 2.24) is 29.4 Å². The third-order valence-electron chi connectivity index (χ3n) is 6.37. The van der Waals surface area contributed by atoms with E-state index in [1.165, 1.54) is 0 Å². The fourth-order valence-corrected chi connectivity index (χ4v) is 4.83. The second-order valence-electron chi connectivity index (χ2n) is 9.68. The van der Waals surface area contributed by atoms with E-state index in [2.05, 4.69) is 68.9 Å². The summed E-state index contributed by atoms with van der Waals surface area (Å²) in [4.78, 5) is 15.0. The van der Waals surface area contributed by atoms with Gasteiger partial charge < -0.3 is 0 Å². The van der Waals surface area contributed by atoms with Crippen LogP contribution in [-0.4, -0.2) is 128 Å². The van der Waals surface area contributed by atoms with Crippen LogP contribution >= 0.6 is 0 Å². The molecule has 0 aromatic heterocycles. The fourth-order valence-electron chi connectivity index (χ4n) is 4.83. The van der Waals surface area contributed by atoms with Gasteiger partial charge in [0.1, 0.15) is 0 Å². The predicted octanol–water partition coefficient (Wildman–Crippen LogP) is 3.97. The summed E-state index contributed by atoms with van der Waals surface area (Å²) in [5, 5.41) is 0. The fraction of sp³-hybridized carbons (Fsp3) is 0.600. The summed E-state index contributed by atoms with van der Waals surface area (Å²) < 4.78 is 0. The summed E-state index contributed by atoms with van der Waals surface area (Å²) in [5.74, 6) is 0. The lowest BCUT2D eigenvalue weighted by Gasteiger charge is -2.43. The van der Waals surface area contributed by atoms with Gasteiger partial charge in [0, 0.05) is 78.5 Å². The molecule has 1 heterocycles. The Morgan fingerprint density at radius 3 is 0.833 bits per heavy atom. The van der Waals surface area contributed by atoms with Crippen molar-refractivity contribution in [1.29, 1.82) is 0 Å². The van der Waals surface area contributed by atoms with Crippen molar-refractivity contribution in [3.05, 3.63) is 75.9 Å². The molecule has 6 heteroatoms. The third kappa shape index (κ3) is 14.7. The maximum atomic E-state index is 3.90. The van der Waals surface area contributed by atoms with Crippen LogP contribution in [0.25, 0.3) is 0 Å². The highest BCUT2D eigenvalue weighted by atomic mass is 15.5. The first-order valence-electron chi connectivity index (χ1n) is 13.6. The lowest BCUT2D eigenvalue weighted by atomic mass is 10.3. The van der Waals surface area contributed by atoms with Gasteiger partial charge in [0.05, 0.1) is 20.0 Å². The zero-order valence-electron chi connectivity index (χ0n) is 23.1. The minimum absolute atomic E-state index is 0.919. The topological polar surface area (TPSA) is 19.4 Å². The van der Waals surface area contributed by atoms with Gasteiger partial charge >= 0.3 is 0 Å². The van der Waals surface area contributed by atoms with Gasteiger partial charge in [-0.3, -0.25) is 29.4 Å². The molecule has 1 rings (SSSR count). The van der Waals surface area contributed by atoms with E-state index in [1.54, 1.807) is 0 Å². The minimum Gasteiger partial charge on any atom is -0.296 e.